The van der Waals surface area contributed by atoms with Crippen LogP contribution in [0.2, 0.25) is 0 Å². The van der Waals surface area contributed by atoms with Crippen LogP contribution in [-0.4, -0.2) is 27.0 Å². The monoisotopic (exact) mass is 249 g/mol. The fourth-order valence-corrected chi connectivity index (χ4v) is 1.68. The molecule has 0 saturated carbocycles. The molecule has 2 aromatic rings. The van der Waals surface area contributed by atoms with Crippen LogP contribution < -0.4 is 10.6 Å². The molecule has 0 unspecified atom stereocenters. The molecule has 2 heterocycles. The van der Waals surface area contributed by atoms with Gasteiger partial charge in [0.1, 0.15) is 10.7 Å². The second-order valence-electron chi connectivity index (χ2n) is 3.20. The van der Waals surface area contributed by atoms with Crippen molar-refractivity contribution in [3.8, 4) is 0 Å². The van der Waals surface area contributed by atoms with Crippen LogP contribution in [0.5, 0.6) is 0 Å². The number of carbonyl (C=O) groups excluding carboxylic acids is 1. The van der Waals surface area contributed by atoms with Crippen molar-refractivity contribution in [1.82, 2.24) is 14.6 Å². The molecule has 0 radical (unpaired) electrons. The minimum atomic E-state index is -0.268. The minimum absolute atomic E-state index is 0.268. The van der Waals surface area contributed by atoms with E-state index in [4.69, 9.17) is 0 Å². The minimum Gasteiger partial charge on any atom is -0.385 e. The van der Waals surface area contributed by atoms with E-state index >= 15 is 0 Å². The van der Waals surface area contributed by atoms with Crippen LogP contribution >= 0.6 is 11.5 Å². The van der Waals surface area contributed by atoms with Gasteiger partial charge >= 0.3 is 0 Å². The van der Waals surface area contributed by atoms with E-state index in [9.17, 15) is 4.79 Å². The molecule has 0 aliphatic rings. The maximum absolute atomic E-state index is 11.8. The van der Waals surface area contributed by atoms with Crippen molar-refractivity contribution in [2.45, 2.75) is 6.92 Å². The third-order valence-electron chi connectivity index (χ3n) is 1.97. The van der Waals surface area contributed by atoms with Gasteiger partial charge in [-0.05, 0) is 19.1 Å². The van der Waals surface area contributed by atoms with Crippen molar-refractivity contribution in [1.29, 1.82) is 0 Å². The number of aromatic nitrogens is 3. The number of nitrogens with zero attached hydrogens (tertiary/aromatic N) is 3. The molecule has 0 atom stereocenters. The first kappa shape index (κ1) is 11.5. The van der Waals surface area contributed by atoms with Crippen molar-refractivity contribution in [2.24, 2.45) is 0 Å². The molecule has 0 aliphatic heterocycles. The lowest BCUT2D eigenvalue weighted by Gasteiger charge is -2.05. The highest BCUT2D eigenvalue weighted by Gasteiger charge is 2.09. The molecule has 0 aliphatic carbocycles. The molecule has 2 N–H and O–H groups in total. The van der Waals surface area contributed by atoms with E-state index in [2.05, 4.69) is 25.2 Å². The van der Waals surface area contributed by atoms with Crippen molar-refractivity contribution in [3.63, 3.8) is 0 Å². The Labute approximate surface area is 102 Å². The van der Waals surface area contributed by atoms with Crippen LogP contribution in [0, 0.1) is 0 Å². The summed E-state index contributed by atoms with van der Waals surface area (Å²) in [5.41, 5.74) is 1.23. The highest BCUT2D eigenvalue weighted by molar-refractivity contribution is 7.10. The largest absolute Gasteiger partial charge is 0.385 e. The zero-order valence-electron chi connectivity index (χ0n) is 9.17. The van der Waals surface area contributed by atoms with Crippen molar-refractivity contribution < 1.29 is 4.79 Å². The van der Waals surface area contributed by atoms with Gasteiger partial charge < -0.3 is 10.6 Å². The Morgan fingerprint density at radius 1 is 1.53 bits per heavy atom. The Bertz CT molecular complexity index is 499. The van der Waals surface area contributed by atoms with Crippen LogP contribution in [0.1, 0.15) is 17.4 Å². The van der Waals surface area contributed by atoms with E-state index in [-0.39, 0.29) is 5.91 Å². The summed E-state index contributed by atoms with van der Waals surface area (Å²) in [5, 5.41) is 10.0. The van der Waals surface area contributed by atoms with Gasteiger partial charge in [0.15, 0.2) is 0 Å². The molecule has 2 aromatic heterocycles. The van der Waals surface area contributed by atoms with E-state index in [0.717, 1.165) is 23.8 Å². The summed E-state index contributed by atoms with van der Waals surface area (Å²) < 4.78 is 3.66. The number of carbonyl (C=O) groups is 1. The second-order valence-corrected chi connectivity index (χ2v) is 3.98. The van der Waals surface area contributed by atoms with Gasteiger partial charge in [0.05, 0.1) is 6.20 Å². The van der Waals surface area contributed by atoms with Gasteiger partial charge in [-0.3, -0.25) is 9.78 Å². The van der Waals surface area contributed by atoms with E-state index in [1.54, 1.807) is 12.3 Å². The number of nitrogens with one attached hydrogen (secondary N) is 2. The molecule has 0 spiro atoms. The van der Waals surface area contributed by atoms with Crippen LogP contribution in [0.15, 0.2) is 24.5 Å². The van der Waals surface area contributed by atoms with E-state index in [1.165, 1.54) is 6.20 Å². The Kier molecular flexibility index (Phi) is 3.61. The van der Waals surface area contributed by atoms with Crippen LogP contribution in [0.4, 0.5) is 10.7 Å². The Balaban J connectivity index is 2.11. The summed E-state index contributed by atoms with van der Waals surface area (Å²) in [6.45, 7) is 2.78. The normalized spacial score (nSPS) is 9.94. The molecular formula is C10H11N5OS. The van der Waals surface area contributed by atoms with E-state index in [1.807, 2.05) is 13.0 Å². The summed E-state index contributed by atoms with van der Waals surface area (Å²) in [5.74, 6) is -0.268. The summed E-state index contributed by atoms with van der Waals surface area (Å²) in [7, 11) is 0. The molecule has 0 aromatic carbocycles. The summed E-state index contributed by atoms with van der Waals surface area (Å²) in [6, 6.07) is 3.52. The zero-order valence-corrected chi connectivity index (χ0v) is 9.99. The molecule has 2 rings (SSSR count). The SMILES string of the molecule is CCNc1ccnc(C(=O)Nc2cnns2)c1. The lowest BCUT2D eigenvalue weighted by atomic mass is 10.3. The summed E-state index contributed by atoms with van der Waals surface area (Å²) in [6.07, 6.45) is 3.09. The van der Waals surface area contributed by atoms with Crippen LogP contribution in [0.3, 0.4) is 0 Å². The van der Waals surface area contributed by atoms with E-state index in [0.29, 0.717) is 10.7 Å². The number of hydrogen-bond acceptors (Lipinski definition) is 6. The molecule has 17 heavy (non-hydrogen) atoms. The molecule has 0 fully saturated rings. The topological polar surface area (TPSA) is 79.8 Å². The predicted octanol–water partition coefficient (Wildman–Crippen LogP) is 1.62. The Hall–Kier alpha value is -2.02. The predicted molar refractivity (Wildman–Crippen MR) is 66.3 cm³/mol. The van der Waals surface area contributed by atoms with Gasteiger partial charge in [0, 0.05) is 30.0 Å². The van der Waals surface area contributed by atoms with Gasteiger partial charge in [0.25, 0.3) is 5.91 Å². The first-order valence-corrected chi connectivity index (χ1v) is 5.85. The van der Waals surface area contributed by atoms with Crippen LogP contribution in [0.25, 0.3) is 0 Å². The first-order valence-electron chi connectivity index (χ1n) is 5.08. The standard InChI is InChI=1S/C10H11N5OS/c1-2-11-7-3-4-12-8(5-7)10(16)14-9-6-13-15-17-9/h3-6H,2H2,1H3,(H,11,12)(H,14,16). The average Bonchev–Trinajstić information content (AvgIpc) is 2.83. The third kappa shape index (κ3) is 2.97. The Morgan fingerprint density at radius 3 is 3.12 bits per heavy atom. The summed E-state index contributed by atoms with van der Waals surface area (Å²) in [4.78, 5) is 15.8. The number of amides is 1. The fraction of sp³-hybridized carbons (Fsp3) is 0.200. The third-order valence-corrected chi connectivity index (χ3v) is 2.55. The molecule has 7 heteroatoms. The molecule has 0 bridgehead atoms. The van der Waals surface area contributed by atoms with Crippen molar-refractivity contribution in [3.05, 3.63) is 30.2 Å². The number of rotatable bonds is 4. The number of pyridine rings is 1. The first-order chi connectivity index (χ1) is 8.29. The van der Waals surface area contributed by atoms with Crippen LogP contribution in [-0.2, 0) is 0 Å². The lowest BCUT2D eigenvalue weighted by Crippen LogP contribution is -2.13. The quantitative estimate of drug-likeness (QED) is 0.860. The summed E-state index contributed by atoms with van der Waals surface area (Å²) >= 11 is 1.12. The molecule has 1 amide bonds. The van der Waals surface area contributed by atoms with Crippen molar-refractivity contribution in [2.75, 3.05) is 17.2 Å². The average molecular weight is 249 g/mol. The van der Waals surface area contributed by atoms with Gasteiger partial charge in [-0.2, -0.15) is 0 Å². The van der Waals surface area contributed by atoms with Crippen molar-refractivity contribution >= 4 is 28.1 Å². The van der Waals surface area contributed by atoms with E-state index < -0.39 is 0 Å². The molecule has 6 nitrogen and oxygen atoms in total. The fourth-order valence-electron chi connectivity index (χ4n) is 1.27. The molecule has 0 saturated heterocycles. The highest BCUT2D eigenvalue weighted by atomic mass is 32.1. The van der Waals surface area contributed by atoms with Gasteiger partial charge in [-0.1, -0.05) is 4.49 Å². The maximum Gasteiger partial charge on any atom is 0.275 e. The zero-order chi connectivity index (χ0) is 12.1. The smallest absolute Gasteiger partial charge is 0.275 e. The maximum atomic E-state index is 11.8. The number of anilines is 2. The highest BCUT2D eigenvalue weighted by Crippen LogP contribution is 2.12. The lowest BCUT2D eigenvalue weighted by molar-refractivity contribution is 0.102. The second kappa shape index (κ2) is 5.35. The van der Waals surface area contributed by atoms with Gasteiger partial charge in [-0.15, -0.1) is 5.10 Å². The van der Waals surface area contributed by atoms with Gasteiger partial charge in [0.2, 0.25) is 0 Å². The Morgan fingerprint density at radius 2 is 2.41 bits per heavy atom. The molecule has 88 valence electrons. The molecular weight excluding hydrogens is 238 g/mol. The van der Waals surface area contributed by atoms with Gasteiger partial charge in [-0.25, -0.2) is 0 Å². The number of hydrogen-bond donors (Lipinski definition) is 2.